The number of aliphatic hydroxyl groups is 2. The normalized spacial score (nSPS) is 12.9. The Morgan fingerprint density at radius 2 is 1.26 bits per heavy atom. The molecule has 1 aromatic carbocycles. The zero-order chi connectivity index (χ0) is 25.1. The van der Waals surface area contributed by atoms with Crippen molar-refractivity contribution in [3.05, 3.63) is 53.0 Å². The van der Waals surface area contributed by atoms with E-state index in [0.29, 0.717) is 5.56 Å². The molecular formula is C23H25N5O6. The van der Waals surface area contributed by atoms with Crippen LogP contribution < -0.4 is 0 Å². The van der Waals surface area contributed by atoms with E-state index in [2.05, 4.69) is 24.9 Å². The highest BCUT2D eigenvalue weighted by Gasteiger charge is 2.15. The number of allylic oxidation sites excluding steroid dienone is 2. The Morgan fingerprint density at radius 1 is 0.824 bits per heavy atom. The molecule has 2 aromatic rings. The van der Waals surface area contributed by atoms with E-state index in [1.807, 2.05) is 6.07 Å². The number of aliphatic hydroxyl groups excluding tert-OH is 2. The van der Waals surface area contributed by atoms with Gasteiger partial charge in [-0.15, -0.1) is 0 Å². The number of hydrogen-bond acceptors (Lipinski definition) is 11. The van der Waals surface area contributed by atoms with Crippen LogP contribution in [-0.4, -0.2) is 62.7 Å². The second-order valence-corrected chi connectivity index (χ2v) is 6.58. The van der Waals surface area contributed by atoms with E-state index in [-0.39, 0.29) is 53.6 Å². The summed E-state index contributed by atoms with van der Waals surface area (Å²) in [5, 5.41) is 19.6. The van der Waals surface area contributed by atoms with Crippen LogP contribution in [0.15, 0.2) is 63.0 Å². The minimum absolute atomic E-state index is 0.118. The number of carbonyl (C=O) groups is 2. The third-order valence-corrected chi connectivity index (χ3v) is 4.03. The average Bonchev–Trinajstić information content (AvgIpc) is 2.79. The van der Waals surface area contributed by atoms with Gasteiger partial charge >= 0.3 is 11.9 Å². The van der Waals surface area contributed by atoms with Crippen molar-refractivity contribution in [2.24, 2.45) is 9.98 Å². The molecule has 34 heavy (non-hydrogen) atoms. The van der Waals surface area contributed by atoms with Crippen LogP contribution in [0.1, 0.15) is 27.7 Å². The summed E-state index contributed by atoms with van der Waals surface area (Å²) in [7, 11) is 0. The Bertz CT molecular complexity index is 1080. The first-order valence-electron chi connectivity index (χ1n) is 10.3. The smallest absolute Gasteiger partial charge is 0.343 e. The Labute approximate surface area is 196 Å². The number of hydrogen-bond donors (Lipinski definition) is 2. The molecule has 0 amide bonds. The van der Waals surface area contributed by atoms with Crippen molar-refractivity contribution in [3.8, 4) is 11.4 Å². The summed E-state index contributed by atoms with van der Waals surface area (Å²) in [6.45, 7) is 6.14. The molecular weight excluding hydrogens is 442 g/mol. The van der Waals surface area contributed by atoms with E-state index < -0.39 is 11.9 Å². The lowest BCUT2D eigenvalue weighted by Crippen LogP contribution is -2.11. The van der Waals surface area contributed by atoms with E-state index in [1.165, 1.54) is 13.8 Å². The lowest BCUT2D eigenvalue weighted by Gasteiger charge is -2.05. The second kappa shape index (κ2) is 12.6. The maximum absolute atomic E-state index is 12.0. The first kappa shape index (κ1) is 25.8. The summed E-state index contributed by atoms with van der Waals surface area (Å²) in [5.41, 5.74) is 0.297. The van der Waals surface area contributed by atoms with Crippen molar-refractivity contribution < 1.29 is 29.3 Å². The molecule has 0 unspecified atom stereocenters. The van der Waals surface area contributed by atoms with E-state index in [0.717, 1.165) is 12.4 Å². The molecule has 178 valence electrons. The van der Waals surface area contributed by atoms with Crippen LogP contribution in [0.4, 0.5) is 11.9 Å². The van der Waals surface area contributed by atoms with Gasteiger partial charge in [0.2, 0.25) is 0 Å². The van der Waals surface area contributed by atoms with E-state index in [9.17, 15) is 19.8 Å². The molecule has 0 aliphatic rings. The fourth-order valence-electron chi connectivity index (χ4n) is 2.44. The SMILES string of the molecule is CCOC(=O)C(/C=N/c1nc(/N=C/C(C(=O)OCC)=C(/C)O)nc(-c2ccccc2)n1)=C(/C)O. The predicted molar refractivity (Wildman–Crippen MR) is 125 cm³/mol. The molecule has 0 radical (unpaired) electrons. The van der Waals surface area contributed by atoms with Crippen LogP contribution in [0.5, 0.6) is 0 Å². The monoisotopic (exact) mass is 467 g/mol. The van der Waals surface area contributed by atoms with Gasteiger partial charge in [-0.05, 0) is 27.7 Å². The number of aliphatic imine (C=N–C) groups is 2. The van der Waals surface area contributed by atoms with Crippen LogP contribution in [0.25, 0.3) is 11.4 Å². The van der Waals surface area contributed by atoms with Crippen molar-refractivity contribution in [2.45, 2.75) is 27.7 Å². The number of aromatic nitrogens is 3. The first-order chi connectivity index (χ1) is 16.3. The molecule has 0 spiro atoms. The van der Waals surface area contributed by atoms with Crippen LogP contribution in [-0.2, 0) is 19.1 Å². The molecule has 2 rings (SSSR count). The number of carbonyl (C=O) groups excluding carboxylic acids is 2. The third-order valence-electron chi connectivity index (χ3n) is 4.03. The highest BCUT2D eigenvalue weighted by molar-refractivity contribution is 6.11. The maximum atomic E-state index is 12.0. The molecule has 0 fully saturated rings. The van der Waals surface area contributed by atoms with Crippen molar-refractivity contribution in [1.29, 1.82) is 0 Å². The Hall–Kier alpha value is -4.41. The summed E-state index contributed by atoms with van der Waals surface area (Å²) in [5.74, 6) is -2.12. The van der Waals surface area contributed by atoms with Gasteiger partial charge in [0.1, 0.15) is 22.7 Å². The zero-order valence-electron chi connectivity index (χ0n) is 19.2. The molecule has 0 aliphatic carbocycles. The number of ether oxygens (including phenoxy) is 2. The van der Waals surface area contributed by atoms with Crippen molar-refractivity contribution in [1.82, 2.24) is 15.0 Å². The minimum atomic E-state index is -0.760. The predicted octanol–water partition coefficient (Wildman–Crippen LogP) is 3.73. The number of rotatable bonds is 9. The molecule has 0 atom stereocenters. The average molecular weight is 467 g/mol. The van der Waals surface area contributed by atoms with Gasteiger partial charge in [0, 0.05) is 18.0 Å². The Balaban J connectivity index is 2.53. The fourth-order valence-corrected chi connectivity index (χ4v) is 2.44. The van der Waals surface area contributed by atoms with Gasteiger partial charge in [0.25, 0.3) is 11.9 Å². The summed E-state index contributed by atoms with van der Waals surface area (Å²) < 4.78 is 9.81. The molecule has 2 N–H and O–H groups in total. The van der Waals surface area contributed by atoms with Crippen molar-refractivity contribution >= 4 is 36.3 Å². The summed E-state index contributed by atoms with van der Waals surface area (Å²) >= 11 is 0. The van der Waals surface area contributed by atoms with Crippen LogP contribution in [0, 0.1) is 0 Å². The van der Waals surface area contributed by atoms with Gasteiger partial charge in [0.15, 0.2) is 5.82 Å². The maximum Gasteiger partial charge on any atom is 0.343 e. The number of nitrogens with zero attached hydrogens (tertiary/aromatic N) is 5. The first-order valence-corrected chi connectivity index (χ1v) is 10.3. The fraction of sp³-hybridized carbons (Fsp3) is 0.261. The molecule has 11 nitrogen and oxygen atoms in total. The van der Waals surface area contributed by atoms with Gasteiger partial charge < -0.3 is 19.7 Å². The van der Waals surface area contributed by atoms with E-state index in [4.69, 9.17) is 9.47 Å². The Kier molecular flexibility index (Phi) is 9.56. The quantitative estimate of drug-likeness (QED) is 0.243. The summed E-state index contributed by atoms with van der Waals surface area (Å²) in [6, 6.07) is 8.93. The standard InChI is InChI=1S/C23H25N5O6/c1-5-33-20(31)17(14(3)29)12-24-22-26-19(16-10-8-7-9-11-16)27-23(28-22)25-13-18(15(4)30)21(32)34-6-2/h7-13,29-30H,5-6H2,1-4H3/b17-14-,18-15+,24-12+,25-13+. The third kappa shape index (κ3) is 7.33. The van der Waals surface area contributed by atoms with Gasteiger partial charge in [-0.2, -0.15) is 15.0 Å². The van der Waals surface area contributed by atoms with E-state index >= 15 is 0 Å². The molecule has 11 heteroatoms. The van der Waals surface area contributed by atoms with Crippen LogP contribution in [0.2, 0.25) is 0 Å². The molecule has 1 aromatic heterocycles. The van der Waals surface area contributed by atoms with E-state index in [1.54, 1.807) is 38.1 Å². The van der Waals surface area contributed by atoms with Crippen LogP contribution in [0.3, 0.4) is 0 Å². The molecule has 0 aliphatic heterocycles. The molecule has 0 saturated carbocycles. The van der Waals surface area contributed by atoms with Crippen molar-refractivity contribution in [2.75, 3.05) is 13.2 Å². The second-order valence-electron chi connectivity index (χ2n) is 6.58. The summed E-state index contributed by atoms with van der Waals surface area (Å²) in [6.07, 6.45) is 2.15. The number of esters is 2. The highest BCUT2D eigenvalue weighted by atomic mass is 16.5. The van der Waals surface area contributed by atoms with Crippen LogP contribution >= 0.6 is 0 Å². The lowest BCUT2D eigenvalue weighted by atomic mass is 10.2. The van der Waals surface area contributed by atoms with Gasteiger partial charge in [-0.25, -0.2) is 19.6 Å². The Morgan fingerprint density at radius 3 is 1.65 bits per heavy atom. The van der Waals surface area contributed by atoms with Gasteiger partial charge in [0.05, 0.1) is 13.2 Å². The molecule has 0 bridgehead atoms. The number of benzene rings is 1. The topological polar surface area (TPSA) is 156 Å². The van der Waals surface area contributed by atoms with Gasteiger partial charge in [-0.3, -0.25) is 0 Å². The lowest BCUT2D eigenvalue weighted by molar-refractivity contribution is -0.139. The highest BCUT2D eigenvalue weighted by Crippen LogP contribution is 2.20. The largest absolute Gasteiger partial charge is 0.512 e. The van der Waals surface area contributed by atoms with Gasteiger partial charge in [-0.1, -0.05) is 30.3 Å². The minimum Gasteiger partial charge on any atom is -0.512 e. The zero-order valence-corrected chi connectivity index (χ0v) is 19.2. The van der Waals surface area contributed by atoms with Crippen molar-refractivity contribution in [3.63, 3.8) is 0 Å². The molecule has 1 heterocycles. The molecule has 0 saturated heterocycles. The summed E-state index contributed by atoms with van der Waals surface area (Å²) in [4.78, 5) is 44.9.